The van der Waals surface area contributed by atoms with Crippen molar-refractivity contribution in [2.45, 2.75) is 33.1 Å². The van der Waals surface area contributed by atoms with Gasteiger partial charge in [0, 0.05) is 32.8 Å². The van der Waals surface area contributed by atoms with Crippen LogP contribution >= 0.6 is 0 Å². The summed E-state index contributed by atoms with van der Waals surface area (Å²) in [4.78, 5) is 2.51. The molecule has 1 heterocycles. The highest BCUT2D eigenvalue weighted by Gasteiger charge is 2.24. The van der Waals surface area contributed by atoms with E-state index in [9.17, 15) is 0 Å². The summed E-state index contributed by atoms with van der Waals surface area (Å²) in [5.74, 6) is 0.837. The average molecular weight is 242 g/mol. The molecule has 1 atom stereocenters. The molecule has 0 aromatic carbocycles. The van der Waals surface area contributed by atoms with Crippen LogP contribution in [0, 0.1) is 11.3 Å². The molecule has 1 fully saturated rings. The zero-order valence-electron chi connectivity index (χ0n) is 12.1. The summed E-state index contributed by atoms with van der Waals surface area (Å²) >= 11 is 0. The smallest absolute Gasteiger partial charge is 0.0469 e. The Kier molecular flexibility index (Phi) is 6.45. The molecule has 0 aromatic rings. The van der Waals surface area contributed by atoms with Crippen molar-refractivity contribution in [2.75, 3.05) is 46.9 Å². The lowest BCUT2D eigenvalue weighted by Crippen LogP contribution is -2.41. The van der Waals surface area contributed by atoms with Gasteiger partial charge in [-0.1, -0.05) is 13.8 Å². The summed E-state index contributed by atoms with van der Waals surface area (Å²) in [5, 5.41) is 3.32. The highest BCUT2D eigenvalue weighted by atomic mass is 16.5. The Bertz CT molecular complexity index is 204. The first-order valence-electron chi connectivity index (χ1n) is 7.00. The number of nitrogens with zero attached hydrogens (tertiary/aromatic N) is 1. The van der Waals surface area contributed by atoms with Gasteiger partial charge in [0.25, 0.3) is 0 Å². The number of nitrogens with one attached hydrogen (secondary N) is 1. The second-order valence-electron chi connectivity index (χ2n) is 5.95. The van der Waals surface area contributed by atoms with Crippen molar-refractivity contribution in [1.82, 2.24) is 10.2 Å². The van der Waals surface area contributed by atoms with Crippen molar-refractivity contribution >= 4 is 0 Å². The molecule has 1 unspecified atom stereocenters. The van der Waals surface area contributed by atoms with E-state index in [2.05, 4.69) is 31.1 Å². The number of hydrogen-bond acceptors (Lipinski definition) is 3. The summed E-state index contributed by atoms with van der Waals surface area (Å²) in [6.07, 6.45) is 3.70. The number of rotatable bonds is 7. The first-order valence-corrected chi connectivity index (χ1v) is 7.00. The van der Waals surface area contributed by atoms with Crippen molar-refractivity contribution in [1.29, 1.82) is 0 Å². The molecule has 0 spiro atoms. The average Bonchev–Trinajstić information content (AvgIpc) is 2.30. The standard InChI is InChI=1S/C14H30N2O/c1-5-14(2,11-15-3)12-16(4)10-13-6-8-17-9-7-13/h13,15H,5-12H2,1-4H3. The van der Waals surface area contributed by atoms with Gasteiger partial charge in [-0.15, -0.1) is 0 Å². The fourth-order valence-electron chi connectivity index (χ4n) is 2.81. The van der Waals surface area contributed by atoms with Gasteiger partial charge < -0.3 is 15.0 Å². The van der Waals surface area contributed by atoms with Crippen LogP contribution in [0.25, 0.3) is 0 Å². The van der Waals surface area contributed by atoms with E-state index < -0.39 is 0 Å². The van der Waals surface area contributed by atoms with Crippen molar-refractivity contribution in [3.63, 3.8) is 0 Å². The Morgan fingerprint density at radius 1 is 1.35 bits per heavy atom. The predicted molar refractivity (Wildman–Crippen MR) is 73.4 cm³/mol. The summed E-state index contributed by atoms with van der Waals surface area (Å²) < 4.78 is 5.41. The van der Waals surface area contributed by atoms with Crippen molar-refractivity contribution in [3.8, 4) is 0 Å². The van der Waals surface area contributed by atoms with Crippen LogP contribution in [-0.2, 0) is 4.74 Å². The third-order valence-corrected chi connectivity index (χ3v) is 4.02. The Hall–Kier alpha value is -0.120. The lowest BCUT2D eigenvalue weighted by atomic mass is 9.86. The Labute approximate surface area is 107 Å². The molecule has 0 radical (unpaired) electrons. The summed E-state index contributed by atoms with van der Waals surface area (Å²) in [5.41, 5.74) is 0.397. The molecule has 1 N–H and O–H groups in total. The maximum Gasteiger partial charge on any atom is 0.0469 e. The second kappa shape index (κ2) is 7.34. The number of hydrogen-bond donors (Lipinski definition) is 1. The molecule has 1 aliphatic heterocycles. The van der Waals surface area contributed by atoms with Crippen LogP contribution in [0.3, 0.4) is 0 Å². The quantitative estimate of drug-likeness (QED) is 0.739. The van der Waals surface area contributed by atoms with Crippen molar-refractivity contribution < 1.29 is 4.74 Å². The second-order valence-corrected chi connectivity index (χ2v) is 5.95. The van der Waals surface area contributed by atoms with Gasteiger partial charge in [0.1, 0.15) is 0 Å². The van der Waals surface area contributed by atoms with Crippen LogP contribution in [-0.4, -0.2) is 51.8 Å². The first-order chi connectivity index (χ1) is 8.09. The molecule has 1 rings (SSSR count). The van der Waals surface area contributed by atoms with E-state index in [0.717, 1.165) is 25.7 Å². The molecule has 0 saturated carbocycles. The molecule has 102 valence electrons. The normalized spacial score (nSPS) is 21.7. The highest BCUT2D eigenvalue weighted by molar-refractivity contribution is 4.79. The van der Waals surface area contributed by atoms with Crippen LogP contribution in [0.5, 0.6) is 0 Å². The minimum atomic E-state index is 0.397. The van der Waals surface area contributed by atoms with Crippen LogP contribution in [0.1, 0.15) is 33.1 Å². The van der Waals surface area contributed by atoms with E-state index in [-0.39, 0.29) is 0 Å². The lowest BCUT2D eigenvalue weighted by Gasteiger charge is -2.35. The fraction of sp³-hybridized carbons (Fsp3) is 1.00. The first kappa shape index (κ1) is 14.9. The molecule has 17 heavy (non-hydrogen) atoms. The van der Waals surface area contributed by atoms with Gasteiger partial charge in [-0.2, -0.15) is 0 Å². The largest absolute Gasteiger partial charge is 0.381 e. The summed E-state index contributed by atoms with van der Waals surface area (Å²) in [7, 11) is 4.31. The van der Waals surface area contributed by atoms with E-state index in [1.165, 1.54) is 32.4 Å². The maximum atomic E-state index is 5.41. The molecular weight excluding hydrogens is 212 g/mol. The van der Waals surface area contributed by atoms with E-state index >= 15 is 0 Å². The van der Waals surface area contributed by atoms with Gasteiger partial charge in [-0.05, 0) is 44.7 Å². The van der Waals surface area contributed by atoms with Crippen molar-refractivity contribution in [2.24, 2.45) is 11.3 Å². The van der Waals surface area contributed by atoms with Crippen molar-refractivity contribution in [3.05, 3.63) is 0 Å². The Balaban J connectivity index is 2.33. The van der Waals surface area contributed by atoms with E-state index in [0.29, 0.717) is 5.41 Å². The van der Waals surface area contributed by atoms with Gasteiger partial charge in [-0.25, -0.2) is 0 Å². The maximum absolute atomic E-state index is 5.41. The zero-order chi connectivity index (χ0) is 12.7. The van der Waals surface area contributed by atoms with E-state index in [1.807, 2.05) is 7.05 Å². The molecule has 0 bridgehead atoms. The third kappa shape index (κ3) is 5.36. The lowest BCUT2D eigenvalue weighted by molar-refractivity contribution is 0.0501. The fourth-order valence-corrected chi connectivity index (χ4v) is 2.81. The SMILES string of the molecule is CCC(C)(CNC)CN(C)CC1CCOCC1. The molecule has 1 saturated heterocycles. The third-order valence-electron chi connectivity index (χ3n) is 4.02. The van der Waals surface area contributed by atoms with E-state index in [4.69, 9.17) is 4.74 Å². The van der Waals surface area contributed by atoms with Gasteiger partial charge in [0.15, 0.2) is 0 Å². The summed E-state index contributed by atoms with van der Waals surface area (Å²) in [6, 6.07) is 0. The molecule has 0 aromatic heterocycles. The molecule has 1 aliphatic rings. The number of ether oxygens (including phenoxy) is 1. The monoisotopic (exact) mass is 242 g/mol. The molecule has 0 aliphatic carbocycles. The van der Waals surface area contributed by atoms with Crippen LogP contribution in [0.15, 0.2) is 0 Å². The molecular formula is C14H30N2O. The van der Waals surface area contributed by atoms with E-state index in [1.54, 1.807) is 0 Å². The van der Waals surface area contributed by atoms with Crippen LogP contribution in [0.2, 0.25) is 0 Å². The molecule has 3 nitrogen and oxygen atoms in total. The Morgan fingerprint density at radius 2 is 2.00 bits per heavy atom. The summed E-state index contributed by atoms with van der Waals surface area (Å²) in [6.45, 7) is 10.1. The minimum Gasteiger partial charge on any atom is -0.381 e. The topological polar surface area (TPSA) is 24.5 Å². The van der Waals surface area contributed by atoms with Gasteiger partial charge in [0.2, 0.25) is 0 Å². The van der Waals surface area contributed by atoms with Crippen LogP contribution < -0.4 is 5.32 Å². The minimum absolute atomic E-state index is 0.397. The van der Waals surface area contributed by atoms with Gasteiger partial charge >= 0.3 is 0 Å². The zero-order valence-corrected chi connectivity index (χ0v) is 12.1. The van der Waals surface area contributed by atoms with Gasteiger partial charge in [-0.3, -0.25) is 0 Å². The predicted octanol–water partition coefficient (Wildman–Crippen LogP) is 1.98. The highest BCUT2D eigenvalue weighted by Crippen LogP contribution is 2.23. The molecule has 0 amide bonds. The molecule has 3 heteroatoms. The Morgan fingerprint density at radius 3 is 2.53 bits per heavy atom. The van der Waals surface area contributed by atoms with Gasteiger partial charge in [0.05, 0.1) is 0 Å². The van der Waals surface area contributed by atoms with Crippen LogP contribution in [0.4, 0.5) is 0 Å².